The van der Waals surface area contributed by atoms with E-state index in [0.717, 1.165) is 0 Å². The number of likely N-dealkylation sites (N-methyl/N-ethyl adjacent to an activating group) is 1. The molecule has 6 nitrogen and oxygen atoms in total. The van der Waals surface area contributed by atoms with Gasteiger partial charge in [-0.2, -0.15) is 0 Å². The van der Waals surface area contributed by atoms with Crippen molar-refractivity contribution < 1.29 is 9.59 Å². The van der Waals surface area contributed by atoms with Crippen LogP contribution >= 0.6 is 0 Å². The van der Waals surface area contributed by atoms with Gasteiger partial charge in [0.1, 0.15) is 0 Å². The van der Waals surface area contributed by atoms with Crippen LogP contribution in [0.2, 0.25) is 0 Å². The summed E-state index contributed by atoms with van der Waals surface area (Å²) >= 11 is 0. The highest BCUT2D eigenvalue weighted by Crippen LogP contribution is 2.15. The van der Waals surface area contributed by atoms with Gasteiger partial charge in [0.05, 0.1) is 17.8 Å². The van der Waals surface area contributed by atoms with Gasteiger partial charge >= 0.3 is 0 Å². The van der Waals surface area contributed by atoms with Gasteiger partial charge < -0.3 is 16.8 Å². The number of benzene rings is 1. The number of anilines is 1. The van der Waals surface area contributed by atoms with Gasteiger partial charge in [-0.15, -0.1) is 0 Å². The lowest BCUT2D eigenvalue weighted by molar-refractivity contribution is -0.117. The van der Waals surface area contributed by atoms with Crippen LogP contribution in [0.15, 0.2) is 24.3 Å². The zero-order valence-corrected chi connectivity index (χ0v) is 12.8. The highest BCUT2D eigenvalue weighted by atomic mass is 16.2. The summed E-state index contributed by atoms with van der Waals surface area (Å²) in [4.78, 5) is 25.2. The van der Waals surface area contributed by atoms with E-state index in [1.54, 1.807) is 24.3 Å². The van der Waals surface area contributed by atoms with Gasteiger partial charge in [0, 0.05) is 6.54 Å². The van der Waals surface area contributed by atoms with Crippen molar-refractivity contribution in [3.05, 3.63) is 29.8 Å². The average molecular weight is 292 g/mol. The Hall–Kier alpha value is -1.92. The second kappa shape index (κ2) is 7.19. The van der Waals surface area contributed by atoms with Crippen molar-refractivity contribution in [3.63, 3.8) is 0 Å². The molecule has 116 valence electrons. The van der Waals surface area contributed by atoms with E-state index in [1.165, 1.54) is 0 Å². The molecule has 1 rings (SSSR count). The van der Waals surface area contributed by atoms with Gasteiger partial charge in [0.15, 0.2) is 0 Å². The minimum absolute atomic E-state index is 0.0554. The van der Waals surface area contributed by atoms with Crippen molar-refractivity contribution in [1.82, 2.24) is 4.90 Å². The van der Waals surface area contributed by atoms with Gasteiger partial charge in [0.2, 0.25) is 5.91 Å². The summed E-state index contributed by atoms with van der Waals surface area (Å²) in [6.45, 7) is 5.56. The Morgan fingerprint density at radius 1 is 1.29 bits per heavy atom. The van der Waals surface area contributed by atoms with Crippen molar-refractivity contribution in [3.8, 4) is 0 Å². The molecule has 0 bridgehead atoms. The summed E-state index contributed by atoms with van der Waals surface area (Å²) in [7, 11) is 1.86. The second-order valence-corrected chi connectivity index (χ2v) is 6.00. The van der Waals surface area contributed by atoms with E-state index in [9.17, 15) is 9.59 Å². The van der Waals surface area contributed by atoms with Gasteiger partial charge in [-0.05, 0) is 31.1 Å². The molecule has 21 heavy (non-hydrogen) atoms. The summed E-state index contributed by atoms with van der Waals surface area (Å²) in [5.41, 5.74) is 11.6. The molecule has 0 aliphatic heterocycles. The van der Waals surface area contributed by atoms with E-state index >= 15 is 0 Å². The van der Waals surface area contributed by atoms with E-state index in [2.05, 4.69) is 5.32 Å². The maximum absolute atomic E-state index is 12.0. The standard InChI is InChI=1S/C15H24N4O2/c1-15(2,9-16)10-19(3)8-13(20)18-12-7-5-4-6-11(12)14(17)21/h4-7H,8-10,16H2,1-3H3,(H2,17,21)(H,18,20). The molecule has 0 aromatic heterocycles. The number of amides is 2. The molecule has 0 fully saturated rings. The molecule has 1 aromatic rings. The van der Waals surface area contributed by atoms with Crippen molar-refractivity contribution >= 4 is 17.5 Å². The van der Waals surface area contributed by atoms with Gasteiger partial charge in [-0.3, -0.25) is 14.5 Å². The van der Waals surface area contributed by atoms with Crippen molar-refractivity contribution in [1.29, 1.82) is 0 Å². The monoisotopic (exact) mass is 292 g/mol. The fraction of sp³-hybridized carbons (Fsp3) is 0.467. The minimum Gasteiger partial charge on any atom is -0.366 e. The molecule has 2 amide bonds. The van der Waals surface area contributed by atoms with Gasteiger partial charge in [-0.25, -0.2) is 0 Å². The predicted molar refractivity (Wildman–Crippen MR) is 83.9 cm³/mol. The number of nitrogens with one attached hydrogen (secondary N) is 1. The van der Waals surface area contributed by atoms with E-state index in [1.807, 2.05) is 25.8 Å². The smallest absolute Gasteiger partial charge is 0.250 e. The molecule has 0 spiro atoms. The third-order valence-corrected chi connectivity index (χ3v) is 3.13. The van der Waals surface area contributed by atoms with E-state index in [4.69, 9.17) is 11.5 Å². The molecule has 0 heterocycles. The number of rotatable bonds is 7. The fourth-order valence-electron chi connectivity index (χ4n) is 2.09. The topological polar surface area (TPSA) is 101 Å². The van der Waals surface area contributed by atoms with Gasteiger partial charge in [-0.1, -0.05) is 26.0 Å². The first-order chi connectivity index (χ1) is 9.75. The highest BCUT2D eigenvalue weighted by Gasteiger charge is 2.19. The number of carbonyl (C=O) groups is 2. The number of nitrogens with two attached hydrogens (primary N) is 2. The quantitative estimate of drug-likeness (QED) is 0.686. The molecular formula is C15H24N4O2. The molecule has 0 unspecified atom stereocenters. The predicted octanol–water partition coefficient (Wildman–Crippen LogP) is 0.641. The van der Waals surface area contributed by atoms with Gasteiger partial charge in [0.25, 0.3) is 5.91 Å². The maximum Gasteiger partial charge on any atom is 0.250 e. The Morgan fingerprint density at radius 3 is 2.48 bits per heavy atom. The summed E-state index contributed by atoms with van der Waals surface area (Å²) in [6, 6.07) is 6.68. The highest BCUT2D eigenvalue weighted by molar-refractivity contribution is 6.03. The lowest BCUT2D eigenvalue weighted by Gasteiger charge is -2.28. The normalized spacial score (nSPS) is 11.5. The van der Waals surface area contributed by atoms with Crippen molar-refractivity contribution in [2.75, 3.05) is 32.0 Å². The SMILES string of the molecule is CN(CC(=O)Nc1ccccc1C(N)=O)CC(C)(C)CN. The Bertz CT molecular complexity index is 514. The van der Waals surface area contributed by atoms with Crippen LogP contribution in [0.4, 0.5) is 5.69 Å². The number of hydrogen-bond acceptors (Lipinski definition) is 4. The first-order valence-electron chi connectivity index (χ1n) is 6.82. The lowest BCUT2D eigenvalue weighted by Crippen LogP contribution is -2.40. The van der Waals surface area contributed by atoms with Crippen molar-refractivity contribution in [2.45, 2.75) is 13.8 Å². The molecule has 0 saturated carbocycles. The molecule has 0 aliphatic rings. The molecule has 1 aromatic carbocycles. The van der Waals surface area contributed by atoms with E-state index in [0.29, 0.717) is 24.3 Å². The molecule has 0 atom stereocenters. The molecular weight excluding hydrogens is 268 g/mol. The summed E-state index contributed by atoms with van der Waals surface area (Å²) in [5, 5.41) is 2.71. The fourth-order valence-corrected chi connectivity index (χ4v) is 2.09. The van der Waals surface area contributed by atoms with Crippen molar-refractivity contribution in [2.24, 2.45) is 16.9 Å². The lowest BCUT2D eigenvalue weighted by atomic mass is 9.93. The summed E-state index contributed by atoms with van der Waals surface area (Å²) < 4.78 is 0. The van der Waals surface area contributed by atoms with E-state index in [-0.39, 0.29) is 17.9 Å². The summed E-state index contributed by atoms with van der Waals surface area (Å²) in [6.07, 6.45) is 0. The van der Waals surface area contributed by atoms with E-state index < -0.39 is 5.91 Å². The third-order valence-electron chi connectivity index (χ3n) is 3.13. The average Bonchev–Trinajstić information content (AvgIpc) is 2.38. The summed E-state index contributed by atoms with van der Waals surface area (Å²) in [5.74, 6) is -0.762. The Kier molecular flexibility index (Phi) is 5.87. The Morgan fingerprint density at radius 2 is 1.90 bits per heavy atom. The van der Waals surface area contributed by atoms with Crippen LogP contribution in [0, 0.1) is 5.41 Å². The maximum atomic E-state index is 12.0. The Balaban J connectivity index is 2.64. The first-order valence-corrected chi connectivity index (χ1v) is 6.82. The van der Waals surface area contributed by atoms with Crippen LogP contribution in [0.25, 0.3) is 0 Å². The van der Waals surface area contributed by atoms with Crippen LogP contribution < -0.4 is 16.8 Å². The van der Waals surface area contributed by atoms with Crippen LogP contribution in [0.3, 0.4) is 0 Å². The van der Waals surface area contributed by atoms with Crippen LogP contribution in [0.1, 0.15) is 24.2 Å². The molecule has 5 N–H and O–H groups in total. The number of primary amides is 1. The number of hydrogen-bond donors (Lipinski definition) is 3. The minimum atomic E-state index is -0.566. The number of nitrogens with zero attached hydrogens (tertiary/aromatic N) is 1. The Labute approximate surface area is 125 Å². The number of para-hydroxylation sites is 1. The number of carbonyl (C=O) groups excluding carboxylic acids is 2. The molecule has 6 heteroatoms. The molecule has 0 aliphatic carbocycles. The largest absolute Gasteiger partial charge is 0.366 e. The molecule has 0 saturated heterocycles. The van der Waals surface area contributed by atoms with Crippen LogP contribution in [-0.4, -0.2) is 43.4 Å². The second-order valence-electron chi connectivity index (χ2n) is 6.00. The zero-order valence-electron chi connectivity index (χ0n) is 12.8. The van der Waals surface area contributed by atoms with Crippen LogP contribution in [-0.2, 0) is 4.79 Å². The van der Waals surface area contributed by atoms with Crippen LogP contribution in [0.5, 0.6) is 0 Å². The zero-order chi connectivity index (χ0) is 16.0. The third kappa shape index (κ3) is 5.53. The molecule has 0 radical (unpaired) electrons. The first kappa shape index (κ1) is 17.1.